The summed E-state index contributed by atoms with van der Waals surface area (Å²) in [6, 6.07) is 5.03. The van der Waals surface area contributed by atoms with Gasteiger partial charge in [-0.25, -0.2) is 0 Å². The average molecular weight is 308 g/mol. The van der Waals surface area contributed by atoms with Crippen LogP contribution in [0.3, 0.4) is 0 Å². The van der Waals surface area contributed by atoms with E-state index in [-0.39, 0.29) is 18.2 Å². The van der Waals surface area contributed by atoms with Crippen LogP contribution in [0.15, 0.2) is 18.2 Å². The lowest BCUT2D eigenvalue weighted by Crippen LogP contribution is -2.41. The van der Waals surface area contributed by atoms with Crippen LogP contribution >= 0.6 is 0 Å². The van der Waals surface area contributed by atoms with E-state index in [0.717, 1.165) is 0 Å². The number of nitrogens with one attached hydrogen (secondary N) is 1. The Balaban J connectivity index is 1.92. The van der Waals surface area contributed by atoms with E-state index in [1.54, 1.807) is 23.1 Å². The van der Waals surface area contributed by atoms with Gasteiger partial charge < -0.3 is 24.4 Å². The van der Waals surface area contributed by atoms with Gasteiger partial charge in [0.15, 0.2) is 11.5 Å². The molecule has 1 aromatic carbocycles. The molecule has 1 fully saturated rings. The topological polar surface area (TPSA) is 77.1 Å². The van der Waals surface area contributed by atoms with Crippen LogP contribution in [-0.4, -0.2) is 57.2 Å². The molecule has 0 aliphatic carbocycles. The van der Waals surface area contributed by atoms with E-state index in [1.807, 2.05) is 0 Å². The minimum absolute atomic E-state index is 0.186. The molecule has 2 amide bonds. The third-order valence-corrected chi connectivity index (χ3v) is 3.34. The SMILES string of the molecule is COc1ccc(NC(=O)CC(=O)N2CCOCC2)cc1OC. The monoisotopic (exact) mass is 308 g/mol. The minimum atomic E-state index is -0.358. The van der Waals surface area contributed by atoms with Gasteiger partial charge in [-0.1, -0.05) is 0 Å². The first kappa shape index (κ1) is 16.1. The van der Waals surface area contributed by atoms with Crippen LogP contribution < -0.4 is 14.8 Å². The predicted octanol–water partition coefficient (Wildman–Crippen LogP) is 0.891. The second kappa shape index (κ2) is 7.65. The number of rotatable bonds is 5. The summed E-state index contributed by atoms with van der Waals surface area (Å²) in [7, 11) is 3.06. The van der Waals surface area contributed by atoms with E-state index in [1.165, 1.54) is 14.2 Å². The highest BCUT2D eigenvalue weighted by Crippen LogP contribution is 2.29. The van der Waals surface area contributed by atoms with Crippen molar-refractivity contribution in [3.63, 3.8) is 0 Å². The molecule has 0 spiro atoms. The maximum atomic E-state index is 12.0. The first-order valence-electron chi connectivity index (χ1n) is 7.01. The molecule has 7 nitrogen and oxygen atoms in total. The number of nitrogens with zero attached hydrogens (tertiary/aromatic N) is 1. The van der Waals surface area contributed by atoms with Crippen LogP contribution in [0.1, 0.15) is 6.42 Å². The fourth-order valence-electron chi connectivity index (χ4n) is 2.18. The van der Waals surface area contributed by atoms with E-state index >= 15 is 0 Å². The molecule has 1 heterocycles. The molecule has 22 heavy (non-hydrogen) atoms. The Morgan fingerprint density at radius 3 is 2.50 bits per heavy atom. The number of benzene rings is 1. The van der Waals surface area contributed by atoms with Crippen molar-refractivity contribution in [2.24, 2.45) is 0 Å². The maximum absolute atomic E-state index is 12.0. The molecule has 1 saturated heterocycles. The third-order valence-electron chi connectivity index (χ3n) is 3.34. The Hall–Kier alpha value is -2.28. The average Bonchev–Trinajstić information content (AvgIpc) is 2.55. The number of ether oxygens (including phenoxy) is 3. The standard InChI is InChI=1S/C15H20N2O5/c1-20-12-4-3-11(9-13(12)21-2)16-14(18)10-15(19)17-5-7-22-8-6-17/h3-4,9H,5-8,10H2,1-2H3,(H,16,18). The third kappa shape index (κ3) is 4.11. The smallest absolute Gasteiger partial charge is 0.233 e. The molecule has 1 aliphatic rings. The predicted molar refractivity (Wildman–Crippen MR) is 80.2 cm³/mol. The van der Waals surface area contributed by atoms with Crippen molar-refractivity contribution >= 4 is 17.5 Å². The van der Waals surface area contributed by atoms with Crippen LogP contribution in [0.25, 0.3) is 0 Å². The van der Waals surface area contributed by atoms with E-state index in [9.17, 15) is 9.59 Å². The molecular weight excluding hydrogens is 288 g/mol. The quantitative estimate of drug-likeness (QED) is 0.818. The van der Waals surface area contributed by atoms with E-state index in [2.05, 4.69) is 5.32 Å². The Morgan fingerprint density at radius 1 is 1.18 bits per heavy atom. The number of carbonyl (C=O) groups is 2. The molecule has 0 aromatic heterocycles. The summed E-state index contributed by atoms with van der Waals surface area (Å²) < 4.78 is 15.5. The van der Waals surface area contributed by atoms with Crippen LogP contribution in [0, 0.1) is 0 Å². The van der Waals surface area contributed by atoms with Crippen molar-refractivity contribution in [3.05, 3.63) is 18.2 Å². The number of hydrogen-bond donors (Lipinski definition) is 1. The molecule has 0 unspecified atom stereocenters. The largest absolute Gasteiger partial charge is 0.493 e. The lowest BCUT2D eigenvalue weighted by molar-refractivity contribution is -0.138. The Bertz CT molecular complexity index is 541. The molecule has 0 bridgehead atoms. The van der Waals surface area contributed by atoms with Gasteiger partial charge in [0.05, 0.1) is 27.4 Å². The summed E-state index contributed by atoms with van der Waals surface area (Å²) in [5.41, 5.74) is 0.553. The van der Waals surface area contributed by atoms with E-state index < -0.39 is 0 Å². The minimum Gasteiger partial charge on any atom is -0.493 e. The summed E-state index contributed by atoms with van der Waals surface area (Å²) >= 11 is 0. The summed E-state index contributed by atoms with van der Waals surface area (Å²) in [6.45, 7) is 2.09. The number of morpholine rings is 1. The fraction of sp³-hybridized carbons (Fsp3) is 0.467. The molecule has 1 aliphatic heterocycles. The molecule has 120 valence electrons. The summed E-state index contributed by atoms with van der Waals surface area (Å²) in [6.07, 6.45) is -0.186. The highest BCUT2D eigenvalue weighted by atomic mass is 16.5. The van der Waals surface area contributed by atoms with Gasteiger partial charge in [0.1, 0.15) is 6.42 Å². The number of hydrogen-bond acceptors (Lipinski definition) is 5. The van der Waals surface area contributed by atoms with Crippen molar-refractivity contribution < 1.29 is 23.8 Å². The number of amides is 2. The lowest BCUT2D eigenvalue weighted by atomic mass is 10.2. The zero-order valence-corrected chi connectivity index (χ0v) is 12.8. The van der Waals surface area contributed by atoms with Crippen LogP contribution in [-0.2, 0) is 14.3 Å². The second-order valence-electron chi connectivity index (χ2n) is 4.79. The Kier molecular flexibility index (Phi) is 5.60. The number of carbonyl (C=O) groups excluding carboxylic acids is 2. The van der Waals surface area contributed by atoms with Crippen molar-refractivity contribution in [3.8, 4) is 11.5 Å². The van der Waals surface area contributed by atoms with Gasteiger partial charge in [0.2, 0.25) is 11.8 Å². The molecule has 0 saturated carbocycles. The summed E-state index contributed by atoms with van der Waals surface area (Å²) in [4.78, 5) is 25.6. The van der Waals surface area contributed by atoms with E-state index in [4.69, 9.17) is 14.2 Å². The maximum Gasteiger partial charge on any atom is 0.233 e. The van der Waals surface area contributed by atoms with Crippen LogP contribution in [0.2, 0.25) is 0 Å². The molecule has 1 aromatic rings. The van der Waals surface area contributed by atoms with Gasteiger partial charge in [-0.3, -0.25) is 9.59 Å². The van der Waals surface area contributed by atoms with Crippen molar-refractivity contribution in [2.75, 3.05) is 45.8 Å². The van der Waals surface area contributed by atoms with Gasteiger partial charge >= 0.3 is 0 Å². The zero-order chi connectivity index (χ0) is 15.9. The fourth-order valence-corrected chi connectivity index (χ4v) is 2.18. The van der Waals surface area contributed by atoms with Gasteiger partial charge in [-0.05, 0) is 12.1 Å². The molecular formula is C15H20N2O5. The van der Waals surface area contributed by atoms with Crippen molar-refractivity contribution in [1.29, 1.82) is 0 Å². The molecule has 7 heteroatoms. The molecule has 0 radical (unpaired) electrons. The molecule has 1 N–H and O–H groups in total. The van der Waals surface area contributed by atoms with E-state index in [0.29, 0.717) is 43.5 Å². The van der Waals surface area contributed by atoms with Gasteiger partial charge in [-0.2, -0.15) is 0 Å². The Morgan fingerprint density at radius 2 is 1.86 bits per heavy atom. The van der Waals surface area contributed by atoms with Gasteiger partial charge in [0, 0.05) is 24.8 Å². The highest BCUT2D eigenvalue weighted by molar-refractivity contribution is 6.03. The van der Waals surface area contributed by atoms with Crippen molar-refractivity contribution in [1.82, 2.24) is 4.90 Å². The van der Waals surface area contributed by atoms with Gasteiger partial charge in [0.25, 0.3) is 0 Å². The van der Waals surface area contributed by atoms with Gasteiger partial charge in [-0.15, -0.1) is 0 Å². The first-order chi connectivity index (χ1) is 10.6. The second-order valence-corrected chi connectivity index (χ2v) is 4.79. The van der Waals surface area contributed by atoms with Crippen molar-refractivity contribution in [2.45, 2.75) is 6.42 Å². The van der Waals surface area contributed by atoms with Crippen LogP contribution in [0.4, 0.5) is 5.69 Å². The molecule has 2 rings (SSSR count). The first-order valence-corrected chi connectivity index (χ1v) is 7.01. The zero-order valence-electron chi connectivity index (χ0n) is 12.8. The number of anilines is 1. The summed E-state index contributed by atoms with van der Waals surface area (Å²) in [5, 5.41) is 2.68. The highest BCUT2D eigenvalue weighted by Gasteiger charge is 2.19. The molecule has 0 atom stereocenters. The Labute approximate surface area is 129 Å². The van der Waals surface area contributed by atoms with Crippen LogP contribution in [0.5, 0.6) is 11.5 Å². The number of methoxy groups -OCH3 is 2. The lowest BCUT2D eigenvalue weighted by Gasteiger charge is -2.26. The normalized spacial score (nSPS) is 14.4. The summed E-state index contributed by atoms with van der Waals surface area (Å²) in [5.74, 6) is 0.537.